The summed E-state index contributed by atoms with van der Waals surface area (Å²) < 4.78 is 1.20. The van der Waals surface area contributed by atoms with Gasteiger partial charge in [0, 0.05) is 11.0 Å². The Balaban J connectivity index is 2.25. The van der Waals surface area contributed by atoms with Gasteiger partial charge in [0.1, 0.15) is 0 Å². The third kappa shape index (κ3) is 2.61. The van der Waals surface area contributed by atoms with Gasteiger partial charge in [-0.2, -0.15) is 0 Å². The van der Waals surface area contributed by atoms with Crippen LogP contribution in [0, 0.1) is 0 Å². The third-order valence-corrected chi connectivity index (χ3v) is 3.72. The average molecular weight is 268 g/mol. The summed E-state index contributed by atoms with van der Waals surface area (Å²) in [7, 11) is 0. The third-order valence-electron chi connectivity index (χ3n) is 3.22. The molecule has 1 N–H and O–H groups in total. The molecule has 0 saturated carbocycles. The van der Waals surface area contributed by atoms with Crippen molar-refractivity contribution >= 4 is 15.9 Å². The van der Waals surface area contributed by atoms with Gasteiger partial charge in [0.05, 0.1) is 0 Å². The summed E-state index contributed by atoms with van der Waals surface area (Å²) in [5, 5.41) is 3.49. The SMILES string of the molecule is CCc1cc(Br)ccc1C1CCCNC1. The Hall–Kier alpha value is -0.340. The molecule has 1 atom stereocenters. The van der Waals surface area contributed by atoms with Gasteiger partial charge < -0.3 is 5.32 Å². The predicted molar refractivity (Wildman–Crippen MR) is 68.4 cm³/mol. The molecule has 1 aliphatic heterocycles. The lowest BCUT2D eigenvalue weighted by Gasteiger charge is -2.25. The largest absolute Gasteiger partial charge is 0.316 e. The maximum Gasteiger partial charge on any atom is 0.0178 e. The minimum Gasteiger partial charge on any atom is -0.316 e. The van der Waals surface area contributed by atoms with Crippen molar-refractivity contribution < 1.29 is 0 Å². The Bertz CT molecular complexity index is 329. The van der Waals surface area contributed by atoms with Gasteiger partial charge in [0.2, 0.25) is 0 Å². The van der Waals surface area contributed by atoms with Crippen molar-refractivity contribution in [3.8, 4) is 0 Å². The van der Waals surface area contributed by atoms with Gasteiger partial charge in [-0.1, -0.05) is 28.9 Å². The number of halogens is 1. The molecule has 0 bridgehead atoms. The van der Waals surface area contributed by atoms with Crippen molar-refractivity contribution in [2.24, 2.45) is 0 Å². The molecular formula is C13H18BrN. The van der Waals surface area contributed by atoms with Gasteiger partial charge in [0.15, 0.2) is 0 Å². The van der Waals surface area contributed by atoms with Crippen molar-refractivity contribution in [2.45, 2.75) is 32.1 Å². The fraction of sp³-hybridized carbons (Fsp3) is 0.538. The Morgan fingerprint density at radius 2 is 2.33 bits per heavy atom. The summed E-state index contributed by atoms with van der Waals surface area (Å²) in [5.74, 6) is 0.724. The molecule has 1 aliphatic rings. The van der Waals surface area contributed by atoms with Crippen LogP contribution in [0.5, 0.6) is 0 Å². The van der Waals surface area contributed by atoms with Crippen LogP contribution in [0.4, 0.5) is 0 Å². The molecule has 0 aromatic heterocycles. The Kier molecular flexibility index (Phi) is 3.81. The van der Waals surface area contributed by atoms with Crippen LogP contribution in [0.25, 0.3) is 0 Å². The van der Waals surface area contributed by atoms with Crippen LogP contribution in [0.1, 0.15) is 36.8 Å². The molecule has 1 saturated heterocycles. The molecule has 15 heavy (non-hydrogen) atoms. The maximum absolute atomic E-state index is 3.55. The van der Waals surface area contributed by atoms with E-state index in [1.54, 1.807) is 5.56 Å². The number of hydrogen-bond donors (Lipinski definition) is 1. The molecule has 0 radical (unpaired) electrons. The lowest BCUT2D eigenvalue weighted by atomic mass is 9.88. The van der Waals surface area contributed by atoms with E-state index >= 15 is 0 Å². The molecule has 0 spiro atoms. The molecule has 2 rings (SSSR count). The van der Waals surface area contributed by atoms with Crippen LogP contribution < -0.4 is 5.32 Å². The molecule has 0 aliphatic carbocycles. The fourth-order valence-electron chi connectivity index (χ4n) is 2.40. The molecule has 1 aromatic carbocycles. The van der Waals surface area contributed by atoms with E-state index in [9.17, 15) is 0 Å². The fourth-order valence-corrected chi connectivity index (χ4v) is 2.80. The zero-order chi connectivity index (χ0) is 10.7. The Labute approximate surface area is 100 Å². The lowest BCUT2D eigenvalue weighted by molar-refractivity contribution is 0.459. The van der Waals surface area contributed by atoms with E-state index in [2.05, 4.69) is 46.4 Å². The van der Waals surface area contributed by atoms with Gasteiger partial charge in [-0.15, -0.1) is 0 Å². The summed E-state index contributed by atoms with van der Waals surface area (Å²) in [6.07, 6.45) is 3.77. The summed E-state index contributed by atoms with van der Waals surface area (Å²) in [6.45, 7) is 4.57. The quantitative estimate of drug-likeness (QED) is 0.865. The average Bonchev–Trinajstić information content (AvgIpc) is 2.30. The number of piperidine rings is 1. The van der Waals surface area contributed by atoms with E-state index in [-0.39, 0.29) is 0 Å². The molecule has 1 unspecified atom stereocenters. The molecular weight excluding hydrogens is 250 g/mol. The molecule has 0 amide bonds. The summed E-state index contributed by atoms with van der Waals surface area (Å²) in [5.41, 5.74) is 3.05. The minimum atomic E-state index is 0.724. The lowest BCUT2D eigenvalue weighted by Crippen LogP contribution is -2.28. The van der Waals surface area contributed by atoms with E-state index in [1.165, 1.54) is 29.4 Å². The first-order chi connectivity index (χ1) is 7.31. The summed E-state index contributed by atoms with van der Waals surface area (Å²) >= 11 is 3.55. The van der Waals surface area contributed by atoms with E-state index in [0.29, 0.717) is 0 Å². The standard InChI is InChI=1S/C13H18BrN/c1-2-10-8-12(14)5-6-13(10)11-4-3-7-15-9-11/h5-6,8,11,15H,2-4,7,9H2,1H3. The van der Waals surface area contributed by atoms with E-state index in [4.69, 9.17) is 0 Å². The highest BCUT2D eigenvalue weighted by atomic mass is 79.9. The first-order valence-electron chi connectivity index (χ1n) is 5.80. The number of nitrogens with one attached hydrogen (secondary N) is 1. The molecule has 82 valence electrons. The first kappa shape index (κ1) is 11.2. The van der Waals surface area contributed by atoms with Crippen molar-refractivity contribution in [1.82, 2.24) is 5.32 Å². The van der Waals surface area contributed by atoms with Crippen LogP contribution in [-0.2, 0) is 6.42 Å². The maximum atomic E-state index is 3.55. The number of rotatable bonds is 2. The highest BCUT2D eigenvalue weighted by molar-refractivity contribution is 9.10. The van der Waals surface area contributed by atoms with Gasteiger partial charge in [0.25, 0.3) is 0 Å². The van der Waals surface area contributed by atoms with Crippen molar-refractivity contribution in [3.05, 3.63) is 33.8 Å². The summed E-state index contributed by atoms with van der Waals surface area (Å²) in [4.78, 5) is 0. The molecule has 2 heteroatoms. The number of hydrogen-bond acceptors (Lipinski definition) is 1. The van der Waals surface area contributed by atoms with Crippen molar-refractivity contribution in [3.63, 3.8) is 0 Å². The Morgan fingerprint density at radius 1 is 1.47 bits per heavy atom. The zero-order valence-electron chi connectivity index (χ0n) is 9.22. The highest BCUT2D eigenvalue weighted by Crippen LogP contribution is 2.28. The van der Waals surface area contributed by atoms with Crippen LogP contribution in [0.2, 0.25) is 0 Å². The highest BCUT2D eigenvalue weighted by Gasteiger charge is 2.17. The summed E-state index contributed by atoms with van der Waals surface area (Å²) in [6, 6.07) is 6.73. The zero-order valence-corrected chi connectivity index (χ0v) is 10.8. The number of aryl methyl sites for hydroxylation is 1. The monoisotopic (exact) mass is 267 g/mol. The minimum absolute atomic E-state index is 0.724. The topological polar surface area (TPSA) is 12.0 Å². The van der Waals surface area contributed by atoms with E-state index in [0.717, 1.165) is 18.9 Å². The smallest absolute Gasteiger partial charge is 0.0178 e. The first-order valence-corrected chi connectivity index (χ1v) is 6.59. The second kappa shape index (κ2) is 5.13. The van der Waals surface area contributed by atoms with Crippen LogP contribution >= 0.6 is 15.9 Å². The van der Waals surface area contributed by atoms with Crippen molar-refractivity contribution in [2.75, 3.05) is 13.1 Å². The molecule has 1 heterocycles. The van der Waals surface area contributed by atoms with Gasteiger partial charge in [-0.3, -0.25) is 0 Å². The molecule has 1 aromatic rings. The molecule has 1 fully saturated rings. The van der Waals surface area contributed by atoms with Crippen LogP contribution in [0.3, 0.4) is 0 Å². The van der Waals surface area contributed by atoms with E-state index < -0.39 is 0 Å². The van der Waals surface area contributed by atoms with Gasteiger partial charge in [-0.05, 0) is 55.0 Å². The van der Waals surface area contributed by atoms with Gasteiger partial charge in [-0.25, -0.2) is 0 Å². The second-order valence-corrected chi connectivity index (χ2v) is 5.16. The van der Waals surface area contributed by atoms with Crippen molar-refractivity contribution in [1.29, 1.82) is 0 Å². The normalized spacial score (nSPS) is 21.6. The van der Waals surface area contributed by atoms with Crippen LogP contribution in [0.15, 0.2) is 22.7 Å². The Morgan fingerprint density at radius 3 is 3.00 bits per heavy atom. The predicted octanol–water partition coefficient (Wildman–Crippen LogP) is 3.48. The second-order valence-electron chi connectivity index (χ2n) is 4.24. The van der Waals surface area contributed by atoms with E-state index in [1.807, 2.05) is 0 Å². The molecule has 1 nitrogen and oxygen atoms in total. The van der Waals surface area contributed by atoms with Gasteiger partial charge >= 0.3 is 0 Å². The number of benzene rings is 1. The van der Waals surface area contributed by atoms with Crippen LogP contribution in [-0.4, -0.2) is 13.1 Å².